The lowest BCUT2D eigenvalue weighted by Crippen LogP contribution is -2.25. The Kier molecular flexibility index (Phi) is 3.40. The van der Waals surface area contributed by atoms with E-state index in [0.717, 1.165) is 18.5 Å². The third kappa shape index (κ3) is 2.30. The van der Waals surface area contributed by atoms with Crippen LogP contribution in [0.15, 0.2) is 24.3 Å². The summed E-state index contributed by atoms with van der Waals surface area (Å²) in [6.45, 7) is 1.69. The van der Waals surface area contributed by atoms with Gasteiger partial charge < -0.3 is 5.73 Å². The van der Waals surface area contributed by atoms with Crippen LogP contribution in [0.4, 0.5) is 5.69 Å². The van der Waals surface area contributed by atoms with Crippen molar-refractivity contribution in [2.75, 3.05) is 20.1 Å². The van der Waals surface area contributed by atoms with Crippen LogP contribution in [-0.4, -0.2) is 30.0 Å². The Bertz CT molecular complexity index is 405. The molecule has 1 aliphatic rings. The van der Waals surface area contributed by atoms with E-state index in [1.54, 1.807) is 12.1 Å². The zero-order valence-corrected chi connectivity index (χ0v) is 9.87. The molecule has 1 aromatic carbocycles. The first-order valence-electron chi connectivity index (χ1n) is 5.78. The molecule has 1 aromatic rings. The fourth-order valence-corrected chi connectivity index (χ4v) is 2.59. The third-order valence-electron chi connectivity index (χ3n) is 3.52. The van der Waals surface area contributed by atoms with Gasteiger partial charge in [0.05, 0.1) is 4.92 Å². The summed E-state index contributed by atoms with van der Waals surface area (Å²) in [5, 5.41) is 10.6. The molecule has 0 aliphatic carbocycles. The second-order valence-electron chi connectivity index (χ2n) is 4.56. The van der Waals surface area contributed by atoms with Crippen LogP contribution in [0.3, 0.4) is 0 Å². The molecule has 0 amide bonds. The molecule has 1 heterocycles. The van der Waals surface area contributed by atoms with Gasteiger partial charge in [-0.25, -0.2) is 0 Å². The Morgan fingerprint density at radius 1 is 1.47 bits per heavy atom. The molecule has 1 fully saturated rings. The molecule has 1 saturated heterocycles. The monoisotopic (exact) mass is 235 g/mol. The van der Waals surface area contributed by atoms with Gasteiger partial charge in [-0.05, 0) is 38.0 Å². The van der Waals surface area contributed by atoms with E-state index in [4.69, 9.17) is 5.73 Å². The van der Waals surface area contributed by atoms with Crippen LogP contribution in [0.1, 0.15) is 18.0 Å². The number of nitrogens with two attached hydrogens (primary N) is 1. The summed E-state index contributed by atoms with van der Waals surface area (Å²) in [6, 6.07) is 7.10. The topological polar surface area (TPSA) is 72.4 Å². The highest BCUT2D eigenvalue weighted by atomic mass is 16.6. The molecule has 2 N–H and O–H groups in total. The summed E-state index contributed by atoms with van der Waals surface area (Å²) in [5.41, 5.74) is 7.02. The van der Waals surface area contributed by atoms with Crippen molar-refractivity contribution in [3.63, 3.8) is 0 Å². The molecule has 0 spiro atoms. The highest BCUT2D eigenvalue weighted by Gasteiger charge is 2.31. The Balaban J connectivity index is 2.24. The van der Waals surface area contributed by atoms with Crippen LogP contribution in [0, 0.1) is 16.0 Å². The van der Waals surface area contributed by atoms with Crippen LogP contribution in [-0.2, 0) is 0 Å². The number of hydrogen-bond acceptors (Lipinski definition) is 4. The van der Waals surface area contributed by atoms with Crippen LogP contribution >= 0.6 is 0 Å². The molecular weight excluding hydrogens is 218 g/mol. The molecule has 5 nitrogen and oxygen atoms in total. The molecular formula is C12H17N3O2. The number of hydrogen-bond donors (Lipinski definition) is 1. The average Bonchev–Trinajstić information content (AvgIpc) is 2.70. The molecule has 2 rings (SSSR count). The van der Waals surface area contributed by atoms with Gasteiger partial charge in [0.2, 0.25) is 0 Å². The standard InChI is InChI=1S/C12H17N3O2/c1-14-7-6-10(8-13)12(14)9-2-4-11(5-3-9)15(16)17/h2-5,10,12H,6-8,13H2,1H3. The van der Waals surface area contributed by atoms with Crippen molar-refractivity contribution in [1.82, 2.24) is 4.90 Å². The van der Waals surface area contributed by atoms with Crippen molar-refractivity contribution in [3.8, 4) is 0 Å². The third-order valence-corrected chi connectivity index (χ3v) is 3.52. The van der Waals surface area contributed by atoms with Gasteiger partial charge >= 0.3 is 0 Å². The molecule has 17 heavy (non-hydrogen) atoms. The van der Waals surface area contributed by atoms with E-state index in [2.05, 4.69) is 11.9 Å². The van der Waals surface area contributed by atoms with Crippen LogP contribution in [0.25, 0.3) is 0 Å². The molecule has 1 aliphatic heterocycles. The first-order valence-corrected chi connectivity index (χ1v) is 5.78. The van der Waals surface area contributed by atoms with E-state index >= 15 is 0 Å². The molecule has 0 aromatic heterocycles. The fraction of sp³-hybridized carbons (Fsp3) is 0.500. The summed E-state index contributed by atoms with van der Waals surface area (Å²) in [4.78, 5) is 12.5. The number of rotatable bonds is 3. The van der Waals surface area contributed by atoms with E-state index in [1.165, 1.54) is 0 Å². The van der Waals surface area contributed by atoms with Crippen molar-refractivity contribution in [3.05, 3.63) is 39.9 Å². The van der Waals surface area contributed by atoms with Crippen LogP contribution in [0.2, 0.25) is 0 Å². The molecule has 0 radical (unpaired) electrons. The molecule has 2 atom stereocenters. The number of likely N-dealkylation sites (tertiary alicyclic amines) is 1. The molecule has 0 bridgehead atoms. The lowest BCUT2D eigenvalue weighted by molar-refractivity contribution is -0.384. The SMILES string of the molecule is CN1CCC(CN)C1c1ccc([N+](=O)[O-])cc1. The first-order chi connectivity index (χ1) is 8.13. The number of nitro groups is 1. The predicted molar refractivity (Wildman–Crippen MR) is 65.6 cm³/mol. The van der Waals surface area contributed by atoms with Gasteiger partial charge in [-0.2, -0.15) is 0 Å². The van der Waals surface area contributed by atoms with Gasteiger partial charge in [0.1, 0.15) is 0 Å². The maximum absolute atomic E-state index is 10.6. The zero-order valence-electron chi connectivity index (χ0n) is 9.87. The normalized spacial score (nSPS) is 25.1. The van der Waals surface area contributed by atoms with Gasteiger partial charge in [0.25, 0.3) is 5.69 Å². The Morgan fingerprint density at radius 3 is 2.65 bits per heavy atom. The molecule has 92 valence electrons. The molecule has 5 heteroatoms. The van der Waals surface area contributed by atoms with Gasteiger partial charge in [0, 0.05) is 18.2 Å². The van der Waals surface area contributed by atoms with Gasteiger partial charge in [-0.1, -0.05) is 12.1 Å². The minimum atomic E-state index is -0.372. The Labute approximate surface area is 100 Å². The van der Waals surface area contributed by atoms with Crippen LogP contribution in [0.5, 0.6) is 0 Å². The average molecular weight is 235 g/mol. The van der Waals surface area contributed by atoms with E-state index in [1.807, 2.05) is 12.1 Å². The first kappa shape index (κ1) is 12.0. The largest absolute Gasteiger partial charge is 0.330 e. The number of nitrogens with zero attached hydrogens (tertiary/aromatic N) is 2. The van der Waals surface area contributed by atoms with Gasteiger partial charge in [-0.15, -0.1) is 0 Å². The Morgan fingerprint density at radius 2 is 2.12 bits per heavy atom. The van der Waals surface area contributed by atoms with E-state index in [9.17, 15) is 10.1 Å². The summed E-state index contributed by atoms with van der Waals surface area (Å²) in [7, 11) is 2.07. The van der Waals surface area contributed by atoms with Crippen molar-refractivity contribution in [1.29, 1.82) is 0 Å². The summed E-state index contributed by atoms with van der Waals surface area (Å²) in [5.74, 6) is 0.446. The van der Waals surface area contributed by atoms with Crippen molar-refractivity contribution >= 4 is 5.69 Å². The number of nitro benzene ring substituents is 1. The highest BCUT2D eigenvalue weighted by Crippen LogP contribution is 2.35. The van der Waals surface area contributed by atoms with Gasteiger partial charge in [0.15, 0.2) is 0 Å². The number of benzene rings is 1. The minimum Gasteiger partial charge on any atom is -0.330 e. The summed E-state index contributed by atoms with van der Waals surface area (Å²) >= 11 is 0. The highest BCUT2D eigenvalue weighted by molar-refractivity contribution is 5.34. The van der Waals surface area contributed by atoms with Gasteiger partial charge in [-0.3, -0.25) is 15.0 Å². The second kappa shape index (κ2) is 4.81. The van der Waals surface area contributed by atoms with Crippen molar-refractivity contribution < 1.29 is 4.92 Å². The number of non-ortho nitro benzene ring substituents is 1. The lowest BCUT2D eigenvalue weighted by atomic mass is 9.94. The molecule has 2 unspecified atom stereocenters. The summed E-state index contributed by atoms with van der Waals surface area (Å²) < 4.78 is 0. The maximum Gasteiger partial charge on any atom is 0.269 e. The summed E-state index contributed by atoms with van der Waals surface area (Å²) in [6.07, 6.45) is 1.09. The fourth-order valence-electron chi connectivity index (χ4n) is 2.59. The van der Waals surface area contributed by atoms with E-state index in [-0.39, 0.29) is 10.6 Å². The Hall–Kier alpha value is -1.46. The van der Waals surface area contributed by atoms with E-state index in [0.29, 0.717) is 18.5 Å². The zero-order chi connectivity index (χ0) is 12.4. The quantitative estimate of drug-likeness (QED) is 0.637. The van der Waals surface area contributed by atoms with E-state index < -0.39 is 0 Å². The molecule has 0 saturated carbocycles. The van der Waals surface area contributed by atoms with Crippen molar-refractivity contribution in [2.45, 2.75) is 12.5 Å². The lowest BCUT2D eigenvalue weighted by Gasteiger charge is -2.24. The van der Waals surface area contributed by atoms with Crippen LogP contribution < -0.4 is 5.73 Å². The smallest absolute Gasteiger partial charge is 0.269 e. The minimum absolute atomic E-state index is 0.138. The maximum atomic E-state index is 10.6. The predicted octanol–water partition coefficient (Wildman–Crippen LogP) is 1.55. The van der Waals surface area contributed by atoms with Crippen molar-refractivity contribution in [2.24, 2.45) is 11.7 Å². The second-order valence-corrected chi connectivity index (χ2v) is 4.56.